The molecule has 2 unspecified atom stereocenters. The first-order valence-corrected chi connectivity index (χ1v) is 11.6. The van der Waals surface area contributed by atoms with Crippen LogP contribution in [-0.2, 0) is 30.3 Å². The molecular formula is C26H29ClF3N3O2. The van der Waals surface area contributed by atoms with Crippen molar-refractivity contribution in [3.8, 4) is 0 Å². The summed E-state index contributed by atoms with van der Waals surface area (Å²) in [5.41, 5.74) is 4.29. The number of rotatable bonds is 9. The molecule has 188 valence electrons. The van der Waals surface area contributed by atoms with Crippen LogP contribution in [0.5, 0.6) is 0 Å². The monoisotopic (exact) mass is 507 g/mol. The molecule has 0 amide bonds. The lowest BCUT2D eigenvalue weighted by atomic mass is 9.98. The Morgan fingerprint density at radius 2 is 2.03 bits per heavy atom. The first-order valence-electron chi connectivity index (χ1n) is 11.0. The summed E-state index contributed by atoms with van der Waals surface area (Å²) in [7, 11) is 3.34. The molecule has 0 fully saturated rings. The maximum absolute atomic E-state index is 13.1. The molecule has 9 heteroatoms. The van der Waals surface area contributed by atoms with Gasteiger partial charge in [-0.05, 0) is 60.2 Å². The standard InChI is InChI=1S/C26H29ClF3N3O2/c1-5-18(10-17-7-6-8-21(11-17)26(28,29)30)25(35-4)32-23-16(2)9-19(12-20(23)13-27)24(34)22-14-31-15-33(22)3/h5-9,11-12,14-15,24-25,32,34H,10,13H2,1-4H3. The molecule has 0 aliphatic rings. The van der Waals surface area contributed by atoms with E-state index in [-0.39, 0.29) is 12.3 Å². The molecule has 2 N–H and O–H groups in total. The third kappa shape index (κ3) is 6.25. The second-order valence-electron chi connectivity index (χ2n) is 8.34. The number of aromatic nitrogens is 2. The first-order chi connectivity index (χ1) is 16.6. The van der Waals surface area contributed by atoms with Crippen molar-refractivity contribution in [2.24, 2.45) is 7.05 Å². The van der Waals surface area contributed by atoms with Crippen molar-refractivity contribution in [3.05, 3.63) is 94.1 Å². The Hall–Kier alpha value is -2.81. The molecule has 3 rings (SSSR count). The van der Waals surface area contributed by atoms with E-state index in [4.69, 9.17) is 16.3 Å². The van der Waals surface area contributed by atoms with Crippen LogP contribution in [-0.4, -0.2) is 28.0 Å². The Morgan fingerprint density at radius 1 is 1.29 bits per heavy atom. The predicted molar refractivity (Wildman–Crippen MR) is 131 cm³/mol. The Kier molecular flexibility index (Phi) is 8.64. The van der Waals surface area contributed by atoms with E-state index in [9.17, 15) is 18.3 Å². The van der Waals surface area contributed by atoms with Gasteiger partial charge in [0.1, 0.15) is 12.3 Å². The van der Waals surface area contributed by atoms with Crippen LogP contribution < -0.4 is 5.32 Å². The van der Waals surface area contributed by atoms with Gasteiger partial charge in [-0.15, -0.1) is 11.6 Å². The lowest BCUT2D eigenvalue weighted by molar-refractivity contribution is -0.137. The van der Waals surface area contributed by atoms with E-state index in [1.54, 1.807) is 23.2 Å². The van der Waals surface area contributed by atoms with Gasteiger partial charge in [0, 0.05) is 25.7 Å². The van der Waals surface area contributed by atoms with Crippen LogP contribution >= 0.6 is 11.6 Å². The summed E-state index contributed by atoms with van der Waals surface area (Å²) >= 11 is 6.27. The Balaban J connectivity index is 1.87. The molecule has 0 radical (unpaired) electrons. The molecular weight excluding hydrogens is 479 g/mol. The number of allylic oxidation sites excluding steroid dienone is 1. The van der Waals surface area contributed by atoms with Crippen LogP contribution in [0.25, 0.3) is 0 Å². The highest BCUT2D eigenvalue weighted by Gasteiger charge is 2.30. The topological polar surface area (TPSA) is 59.3 Å². The molecule has 1 heterocycles. The maximum atomic E-state index is 13.1. The number of alkyl halides is 4. The fraction of sp³-hybridized carbons (Fsp3) is 0.346. The third-order valence-electron chi connectivity index (χ3n) is 5.91. The molecule has 1 aromatic heterocycles. The second kappa shape index (κ2) is 11.3. The number of nitrogens with one attached hydrogen (secondary N) is 1. The number of hydrogen-bond acceptors (Lipinski definition) is 4. The highest BCUT2D eigenvalue weighted by Crippen LogP contribution is 2.33. The van der Waals surface area contributed by atoms with E-state index in [0.29, 0.717) is 16.8 Å². The number of anilines is 1. The summed E-state index contributed by atoms with van der Waals surface area (Å²) in [5, 5.41) is 14.2. The normalized spacial score (nSPS) is 14.1. The average Bonchev–Trinajstić information content (AvgIpc) is 3.26. The fourth-order valence-corrected chi connectivity index (χ4v) is 4.25. The van der Waals surface area contributed by atoms with E-state index in [1.165, 1.54) is 13.2 Å². The number of benzene rings is 2. The molecule has 0 spiro atoms. The zero-order chi connectivity index (χ0) is 25.8. The van der Waals surface area contributed by atoms with E-state index in [2.05, 4.69) is 10.3 Å². The minimum atomic E-state index is -4.40. The van der Waals surface area contributed by atoms with Gasteiger partial charge in [-0.25, -0.2) is 4.98 Å². The van der Waals surface area contributed by atoms with Gasteiger partial charge in [-0.1, -0.05) is 30.3 Å². The average molecular weight is 508 g/mol. The predicted octanol–water partition coefficient (Wildman–Crippen LogP) is 6.14. The van der Waals surface area contributed by atoms with Crippen LogP contribution in [0.4, 0.5) is 18.9 Å². The highest BCUT2D eigenvalue weighted by atomic mass is 35.5. The number of halogens is 4. The molecule has 35 heavy (non-hydrogen) atoms. The lowest BCUT2D eigenvalue weighted by Crippen LogP contribution is -2.26. The maximum Gasteiger partial charge on any atom is 0.416 e. The van der Waals surface area contributed by atoms with Gasteiger partial charge in [0.25, 0.3) is 0 Å². The van der Waals surface area contributed by atoms with Crippen molar-refractivity contribution in [2.45, 2.75) is 44.7 Å². The van der Waals surface area contributed by atoms with Crippen molar-refractivity contribution in [1.82, 2.24) is 9.55 Å². The minimum absolute atomic E-state index is 0.185. The van der Waals surface area contributed by atoms with E-state index >= 15 is 0 Å². The van der Waals surface area contributed by atoms with Gasteiger partial charge in [0.15, 0.2) is 0 Å². The van der Waals surface area contributed by atoms with Crippen molar-refractivity contribution in [2.75, 3.05) is 12.4 Å². The number of imidazole rings is 1. The molecule has 0 saturated heterocycles. The zero-order valence-corrected chi connectivity index (χ0v) is 20.8. The summed E-state index contributed by atoms with van der Waals surface area (Å²) in [6.45, 7) is 3.71. The molecule has 0 aliphatic heterocycles. The summed E-state index contributed by atoms with van der Waals surface area (Å²) in [6.07, 6.45) is -0.532. The van der Waals surface area contributed by atoms with Gasteiger partial charge < -0.3 is 19.7 Å². The van der Waals surface area contributed by atoms with E-state index in [0.717, 1.165) is 34.5 Å². The molecule has 0 bridgehead atoms. The van der Waals surface area contributed by atoms with Crippen LogP contribution in [0.2, 0.25) is 0 Å². The summed E-state index contributed by atoms with van der Waals surface area (Å²) in [6, 6.07) is 8.97. The number of nitrogens with zero attached hydrogens (tertiary/aromatic N) is 2. The molecule has 0 aliphatic carbocycles. The summed E-state index contributed by atoms with van der Waals surface area (Å²) in [5.74, 6) is 0.185. The number of aliphatic hydroxyl groups is 1. The molecule has 2 atom stereocenters. The van der Waals surface area contributed by atoms with Crippen molar-refractivity contribution in [3.63, 3.8) is 0 Å². The van der Waals surface area contributed by atoms with Crippen molar-refractivity contribution >= 4 is 17.3 Å². The number of hydrogen-bond donors (Lipinski definition) is 2. The molecule has 5 nitrogen and oxygen atoms in total. The van der Waals surface area contributed by atoms with Gasteiger partial charge in [0.2, 0.25) is 0 Å². The third-order valence-corrected chi connectivity index (χ3v) is 6.20. The Morgan fingerprint density at radius 3 is 2.60 bits per heavy atom. The SMILES string of the molecule is CC=C(Cc1cccc(C(F)(F)F)c1)C(Nc1c(C)cc(C(O)c2cncn2C)cc1CCl)OC. The number of ether oxygens (including phenoxy) is 1. The number of aliphatic hydroxyl groups excluding tert-OH is 1. The van der Waals surface area contributed by atoms with Gasteiger partial charge in [0.05, 0.1) is 23.8 Å². The lowest BCUT2D eigenvalue weighted by Gasteiger charge is -2.25. The number of methoxy groups -OCH3 is 1. The van der Waals surface area contributed by atoms with Gasteiger partial charge >= 0.3 is 6.18 Å². The first kappa shape index (κ1) is 26.8. The van der Waals surface area contributed by atoms with E-state index in [1.807, 2.05) is 39.1 Å². The van der Waals surface area contributed by atoms with Crippen LogP contribution in [0.3, 0.4) is 0 Å². The summed E-state index contributed by atoms with van der Waals surface area (Å²) in [4.78, 5) is 4.06. The smallest absolute Gasteiger partial charge is 0.382 e. The Bertz CT molecular complexity index is 1190. The molecule has 2 aromatic carbocycles. The quantitative estimate of drug-likeness (QED) is 0.207. The highest BCUT2D eigenvalue weighted by molar-refractivity contribution is 6.17. The molecule has 0 saturated carbocycles. The second-order valence-corrected chi connectivity index (χ2v) is 8.60. The largest absolute Gasteiger partial charge is 0.416 e. The summed E-state index contributed by atoms with van der Waals surface area (Å²) < 4.78 is 46.9. The van der Waals surface area contributed by atoms with Crippen LogP contribution in [0.15, 0.2) is 60.6 Å². The molecule has 3 aromatic rings. The van der Waals surface area contributed by atoms with Crippen molar-refractivity contribution in [1.29, 1.82) is 0 Å². The van der Waals surface area contributed by atoms with Crippen LogP contribution in [0, 0.1) is 6.92 Å². The van der Waals surface area contributed by atoms with Gasteiger partial charge in [-0.3, -0.25) is 0 Å². The van der Waals surface area contributed by atoms with Crippen molar-refractivity contribution < 1.29 is 23.0 Å². The zero-order valence-electron chi connectivity index (χ0n) is 20.0. The Labute approximate surface area is 208 Å². The fourth-order valence-electron chi connectivity index (χ4n) is 4.04. The van der Waals surface area contributed by atoms with Gasteiger partial charge in [-0.2, -0.15) is 13.2 Å². The van der Waals surface area contributed by atoms with E-state index < -0.39 is 24.1 Å². The number of aryl methyl sites for hydroxylation is 2. The minimum Gasteiger partial charge on any atom is -0.382 e. The van der Waals surface area contributed by atoms with Crippen LogP contribution in [0.1, 0.15) is 46.5 Å².